The van der Waals surface area contributed by atoms with Crippen molar-refractivity contribution in [1.82, 2.24) is 0 Å². The summed E-state index contributed by atoms with van der Waals surface area (Å²) in [7, 11) is 1.72. The van der Waals surface area contributed by atoms with Crippen LogP contribution in [0.25, 0.3) is 0 Å². The summed E-state index contributed by atoms with van der Waals surface area (Å²) in [5.41, 5.74) is 0. The van der Waals surface area contributed by atoms with Gasteiger partial charge in [0.05, 0.1) is 21.3 Å². The van der Waals surface area contributed by atoms with Crippen molar-refractivity contribution in [3.05, 3.63) is 34.8 Å². The van der Waals surface area contributed by atoms with Crippen LogP contribution >= 0.6 is 39.1 Å². The van der Waals surface area contributed by atoms with Crippen molar-refractivity contribution in [2.45, 2.75) is 38.5 Å². The standard InChI is InChI=1S/C8H15O5P.C7H13O5P.C6H9BrO2.C2H6O2P.Na.H2O/c1-11-8(9)6-4-5-7-14(10,12-2)13-3;1-11-13(10,12-2)6-4-3-5-7(8)9;1-9-6(8)4-2-3-5-7;1-4-5(2)3;;/h5,7H,4,6H2,1-3H3;4,6H,3,5H2,1-2H3,(H,8,9);3,5H,2,4H2,1H3;1-2H3;;1H2/q;;;2*+1;/p-1/b7-5+;6-4+;5-3+;;;. The van der Waals surface area contributed by atoms with Crippen LogP contribution in [0.1, 0.15) is 38.5 Å². The Morgan fingerprint density at radius 1 is 0.721 bits per heavy atom. The maximum atomic E-state index is 11.4. The summed E-state index contributed by atoms with van der Waals surface area (Å²) in [5, 5.41) is 8.29. The molecule has 0 spiro atoms. The number of rotatable bonds is 16. The number of hydrogen-bond acceptors (Lipinski definition) is 14. The normalized spacial score (nSPS) is 11.0. The van der Waals surface area contributed by atoms with Gasteiger partial charge in [-0.15, -0.1) is 4.52 Å². The number of carboxylic acid groups (broad SMARTS) is 1. The van der Waals surface area contributed by atoms with Crippen LogP contribution in [0.2, 0.25) is 0 Å². The summed E-state index contributed by atoms with van der Waals surface area (Å²) in [6.45, 7) is 1.51. The van der Waals surface area contributed by atoms with E-state index in [0.717, 1.165) is 6.42 Å². The van der Waals surface area contributed by atoms with Crippen LogP contribution in [0.4, 0.5) is 0 Å². The van der Waals surface area contributed by atoms with Gasteiger partial charge in [0, 0.05) is 59.3 Å². The second kappa shape index (κ2) is 37.6. The van der Waals surface area contributed by atoms with Gasteiger partial charge in [0.25, 0.3) is 0 Å². The van der Waals surface area contributed by atoms with Crippen molar-refractivity contribution in [3.63, 3.8) is 0 Å². The zero-order chi connectivity index (χ0) is 32.7. The van der Waals surface area contributed by atoms with E-state index in [2.05, 4.69) is 48.0 Å². The number of methoxy groups -OCH3 is 2. The molecule has 0 rings (SSSR count). The first kappa shape index (κ1) is 54.9. The second-order valence-electron chi connectivity index (χ2n) is 6.73. The molecule has 0 aliphatic carbocycles. The summed E-state index contributed by atoms with van der Waals surface area (Å²) >= 11 is 3.09. The van der Waals surface area contributed by atoms with E-state index in [0.29, 0.717) is 19.3 Å². The Balaban J connectivity index is -0.000000110. The van der Waals surface area contributed by atoms with Crippen LogP contribution in [0, 0.1) is 0 Å². The maximum Gasteiger partial charge on any atom is 1.00 e. The second-order valence-corrected chi connectivity index (χ2v) is 12.7. The van der Waals surface area contributed by atoms with E-state index in [9.17, 15) is 28.1 Å². The Bertz CT molecular complexity index is 898. The van der Waals surface area contributed by atoms with Gasteiger partial charge in [0.15, 0.2) is 6.66 Å². The van der Waals surface area contributed by atoms with Gasteiger partial charge in [-0.1, -0.05) is 34.2 Å². The molecule has 1 unspecified atom stereocenters. The van der Waals surface area contributed by atoms with Gasteiger partial charge in [0.1, 0.15) is 0 Å². The Labute approximate surface area is 285 Å². The van der Waals surface area contributed by atoms with E-state index in [1.807, 2.05) is 6.08 Å². The third-order valence-electron chi connectivity index (χ3n) is 3.95. The topological polar surface area (TPSA) is 217 Å². The van der Waals surface area contributed by atoms with E-state index in [4.69, 9.17) is 5.11 Å². The molecule has 0 saturated heterocycles. The molecule has 0 heterocycles. The zero-order valence-electron chi connectivity index (χ0n) is 26.1. The minimum absolute atomic E-state index is 0. The average molecular weight is 756 g/mol. The number of allylic oxidation sites excluding steroid dienone is 3. The Morgan fingerprint density at radius 2 is 1.02 bits per heavy atom. The smallest absolute Gasteiger partial charge is 0.870 e. The molecular weight excluding hydrogens is 712 g/mol. The minimum Gasteiger partial charge on any atom is -0.870 e. The van der Waals surface area contributed by atoms with Crippen molar-refractivity contribution in [3.8, 4) is 0 Å². The molecule has 0 aromatic rings. The number of esters is 2. The van der Waals surface area contributed by atoms with E-state index in [1.54, 1.807) is 11.1 Å². The van der Waals surface area contributed by atoms with E-state index in [-0.39, 0.29) is 59.8 Å². The number of halogens is 1. The molecule has 20 heteroatoms. The SMILES string of the molecule is COC(=O)CC/C=C/Br.COC(=O)CC/C=C/P(=O)(OC)OC.COP(=O)(/C=C/CCC(=O)O)OC.CO[P+](C)=O.[Na+].[OH-]. The van der Waals surface area contributed by atoms with Crippen molar-refractivity contribution in [2.24, 2.45) is 0 Å². The molecule has 0 amide bonds. The van der Waals surface area contributed by atoms with Crippen molar-refractivity contribution >= 4 is 57.1 Å². The molecular formula is C23H44BrNaO15P3+. The Morgan fingerprint density at radius 3 is 1.26 bits per heavy atom. The van der Waals surface area contributed by atoms with Gasteiger partial charge < -0.3 is 38.2 Å². The van der Waals surface area contributed by atoms with E-state index < -0.39 is 29.2 Å². The summed E-state index contributed by atoms with van der Waals surface area (Å²) in [6.07, 6.45) is 7.11. The summed E-state index contributed by atoms with van der Waals surface area (Å²) in [4.78, 5) is 32.9. The molecule has 248 valence electrons. The van der Waals surface area contributed by atoms with Crippen molar-refractivity contribution < 1.29 is 100 Å². The van der Waals surface area contributed by atoms with Crippen LogP contribution in [0.5, 0.6) is 0 Å². The molecule has 0 radical (unpaired) electrons. The number of carbonyl (C=O) groups is 3. The fourth-order valence-electron chi connectivity index (χ4n) is 1.68. The first-order valence-corrected chi connectivity index (χ1v) is 17.3. The molecule has 2 N–H and O–H groups in total. The van der Waals surface area contributed by atoms with Crippen molar-refractivity contribution in [1.29, 1.82) is 0 Å². The average Bonchev–Trinajstić information content (AvgIpc) is 2.97. The third kappa shape index (κ3) is 43.6. The predicted molar refractivity (Wildman–Crippen MR) is 161 cm³/mol. The van der Waals surface area contributed by atoms with Crippen LogP contribution in [0.15, 0.2) is 34.8 Å². The maximum absolute atomic E-state index is 11.4. The van der Waals surface area contributed by atoms with Gasteiger partial charge in [-0.3, -0.25) is 23.5 Å². The molecule has 1 atom stereocenters. The van der Waals surface area contributed by atoms with Gasteiger partial charge >= 0.3 is 70.7 Å². The Kier molecular flexibility index (Phi) is 48.0. The third-order valence-corrected chi connectivity index (χ3v) is 8.03. The summed E-state index contributed by atoms with van der Waals surface area (Å²) in [5.74, 6) is 1.22. The van der Waals surface area contributed by atoms with Crippen LogP contribution in [0.3, 0.4) is 0 Å². The summed E-state index contributed by atoms with van der Waals surface area (Å²) < 4.78 is 64.1. The molecule has 0 fully saturated rings. The predicted octanol–water partition coefficient (Wildman–Crippen LogP) is 3.47. The molecule has 0 aliphatic heterocycles. The molecule has 15 nitrogen and oxygen atoms in total. The monoisotopic (exact) mass is 755 g/mol. The van der Waals surface area contributed by atoms with Gasteiger partial charge in [-0.05, 0) is 28.8 Å². The first-order valence-electron chi connectivity index (χ1n) is 11.5. The summed E-state index contributed by atoms with van der Waals surface area (Å²) in [6, 6.07) is 0. The van der Waals surface area contributed by atoms with Crippen LogP contribution in [-0.2, 0) is 60.2 Å². The van der Waals surface area contributed by atoms with Crippen LogP contribution < -0.4 is 29.6 Å². The largest absolute Gasteiger partial charge is 1.00 e. The number of aliphatic carboxylic acids is 1. The quantitative estimate of drug-likeness (QED) is 0.136. The number of ether oxygens (including phenoxy) is 2. The molecule has 43 heavy (non-hydrogen) atoms. The number of hydrogen-bond donors (Lipinski definition) is 1. The van der Waals surface area contributed by atoms with E-state index in [1.165, 1.54) is 74.1 Å². The fourth-order valence-corrected chi connectivity index (χ4v) is 3.54. The first-order chi connectivity index (χ1) is 19.2. The van der Waals surface area contributed by atoms with Gasteiger partial charge in [-0.2, -0.15) is 0 Å². The molecule has 0 aromatic carbocycles. The van der Waals surface area contributed by atoms with Crippen LogP contribution in [-0.4, -0.2) is 84.9 Å². The molecule has 0 saturated carbocycles. The number of carboxylic acids is 1. The minimum atomic E-state index is -3.11. The molecule has 0 aromatic heterocycles. The fraction of sp³-hybridized carbons (Fsp3) is 0.609. The number of carbonyl (C=O) groups excluding carboxylic acids is 2. The van der Waals surface area contributed by atoms with E-state index >= 15 is 0 Å². The zero-order valence-corrected chi connectivity index (χ0v) is 32.4. The molecule has 0 bridgehead atoms. The van der Waals surface area contributed by atoms with Gasteiger partial charge in [-0.25, -0.2) is 0 Å². The van der Waals surface area contributed by atoms with Crippen molar-refractivity contribution in [2.75, 3.05) is 56.4 Å². The molecule has 0 aliphatic rings. The van der Waals surface area contributed by atoms with Gasteiger partial charge in [0.2, 0.25) is 0 Å². The Hall–Kier alpha value is -0.570.